The third-order valence-electron chi connectivity index (χ3n) is 2.43. The number of aromatic nitrogens is 2. The van der Waals surface area contributed by atoms with Gasteiger partial charge in [-0.15, -0.1) is 11.3 Å². The zero-order valence-electron chi connectivity index (χ0n) is 8.95. The van der Waals surface area contributed by atoms with Gasteiger partial charge in [0.25, 0.3) is 0 Å². The van der Waals surface area contributed by atoms with E-state index in [2.05, 4.69) is 40.6 Å². The van der Waals surface area contributed by atoms with E-state index < -0.39 is 0 Å². The molecule has 2 rings (SSSR count). The average molecular weight is 221 g/mol. The van der Waals surface area contributed by atoms with Crippen molar-refractivity contribution in [3.05, 3.63) is 40.1 Å². The Balaban J connectivity index is 1.93. The minimum atomic E-state index is 0.384. The summed E-state index contributed by atoms with van der Waals surface area (Å²) in [5.41, 5.74) is 1.36. The molecule has 2 N–H and O–H groups in total. The predicted octanol–water partition coefficient (Wildman–Crippen LogP) is 2.63. The second-order valence-corrected chi connectivity index (χ2v) is 4.55. The topological polar surface area (TPSA) is 40.7 Å². The van der Waals surface area contributed by atoms with E-state index in [9.17, 15) is 0 Å². The van der Waals surface area contributed by atoms with Crippen LogP contribution < -0.4 is 5.32 Å². The van der Waals surface area contributed by atoms with Gasteiger partial charge in [-0.1, -0.05) is 0 Å². The van der Waals surface area contributed by atoms with Crippen LogP contribution in [0.5, 0.6) is 0 Å². The van der Waals surface area contributed by atoms with Gasteiger partial charge in [0, 0.05) is 23.3 Å². The molecule has 1 unspecified atom stereocenters. The van der Waals surface area contributed by atoms with E-state index in [0.29, 0.717) is 6.04 Å². The lowest BCUT2D eigenvalue weighted by Gasteiger charge is -2.12. The van der Waals surface area contributed by atoms with E-state index in [1.807, 2.05) is 6.20 Å². The Morgan fingerprint density at radius 1 is 1.60 bits per heavy atom. The van der Waals surface area contributed by atoms with Gasteiger partial charge in [0.05, 0.1) is 6.54 Å². The first kappa shape index (κ1) is 10.4. The van der Waals surface area contributed by atoms with Crippen LogP contribution in [0.15, 0.2) is 23.8 Å². The molecule has 0 aliphatic rings. The second-order valence-electron chi connectivity index (χ2n) is 3.61. The number of imidazole rings is 1. The maximum Gasteiger partial charge on any atom is 0.120 e. The third kappa shape index (κ3) is 2.46. The van der Waals surface area contributed by atoms with Crippen LogP contribution in [-0.2, 0) is 6.54 Å². The molecule has 0 radical (unpaired) electrons. The van der Waals surface area contributed by atoms with Gasteiger partial charge in [0.15, 0.2) is 0 Å². The van der Waals surface area contributed by atoms with Crippen molar-refractivity contribution in [3.63, 3.8) is 0 Å². The van der Waals surface area contributed by atoms with Gasteiger partial charge in [-0.3, -0.25) is 0 Å². The number of H-pyrrole nitrogens is 1. The summed E-state index contributed by atoms with van der Waals surface area (Å²) in [6.07, 6.45) is 3.62. The van der Waals surface area contributed by atoms with E-state index in [1.54, 1.807) is 17.5 Å². The van der Waals surface area contributed by atoms with E-state index >= 15 is 0 Å². The highest BCUT2D eigenvalue weighted by atomic mass is 32.1. The van der Waals surface area contributed by atoms with Gasteiger partial charge in [-0.05, 0) is 30.9 Å². The summed E-state index contributed by atoms with van der Waals surface area (Å²) in [4.78, 5) is 8.66. The first-order valence-electron chi connectivity index (χ1n) is 5.03. The summed E-state index contributed by atoms with van der Waals surface area (Å²) >= 11 is 1.80. The van der Waals surface area contributed by atoms with Crippen molar-refractivity contribution in [2.45, 2.75) is 26.4 Å². The molecular formula is C11H15N3S. The number of hydrogen-bond donors (Lipinski definition) is 2. The summed E-state index contributed by atoms with van der Waals surface area (Å²) in [6, 6.07) is 2.54. The highest BCUT2D eigenvalue weighted by Gasteiger charge is 2.09. The molecule has 0 spiro atoms. The maximum absolute atomic E-state index is 4.18. The zero-order valence-corrected chi connectivity index (χ0v) is 9.77. The van der Waals surface area contributed by atoms with E-state index in [0.717, 1.165) is 12.4 Å². The van der Waals surface area contributed by atoms with Crippen LogP contribution >= 0.6 is 11.3 Å². The Hall–Kier alpha value is -1.13. The molecule has 1 atom stereocenters. The van der Waals surface area contributed by atoms with Crippen molar-refractivity contribution in [3.8, 4) is 0 Å². The van der Waals surface area contributed by atoms with E-state index in [1.165, 1.54) is 10.4 Å². The third-order valence-corrected chi connectivity index (χ3v) is 3.63. The van der Waals surface area contributed by atoms with Crippen LogP contribution in [0.3, 0.4) is 0 Å². The Kier molecular flexibility index (Phi) is 3.18. The molecule has 0 aliphatic heterocycles. The van der Waals surface area contributed by atoms with Crippen LogP contribution in [-0.4, -0.2) is 9.97 Å². The quantitative estimate of drug-likeness (QED) is 0.833. The number of nitrogens with one attached hydrogen (secondary N) is 2. The average Bonchev–Trinajstić information content (AvgIpc) is 2.84. The van der Waals surface area contributed by atoms with E-state index in [4.69, 9.17) is 0 Å². The lowest BCUT2D eigenvalue weighted by atomic mass is 10.2. The minimum absolute atomic E-state index is 0.384. The van der Waals surface area contributed by atoms with Crippen LogP contribution in [0, 0.1) is 6.92 Å². The SMILES string of the molecule is Cc1ccsc1C(C)NCc1ncc[nH]1. The molecule has 80 valence electrons. The fraction of sp³-hybridized carbons (Fsp3) is 0.364. The van der Waals surface area contributed by atoms with Crippen molar-refractivity contribution in [2.24, 2.45) is 0 Å². The van der Waals surface area contributed by atoms with Crippen LogP contribution in [0.1, 0.15) is 29.2 Å². The minimum Gasteiger partial charge on any atom is -0.348 e. The molecule has 3 nitrogen and oxygen atoms in total. The molecule has 15 heavy (non-hydrogen) atoms. The number of aryl methyl sites for hydroxylation is 1. The van der Waals surface area contributed by atoms with Crippen molar-refractivity contribution >= 4 is 11.3 Å². The summed E-state index contributed by atoms with van der Waals surface area (Å²) < 4.78 is 0. The summed E-state index contributed by atoms with van der Waals surface area (Å²) in [6.45, 7) is 5.12. The predicted molar refractivity (Wildman–Crippen MR) is 62.9 cm³/mol. The number of rotatable bonds is 4. The summed E-state index contributed by atoms with van der Waals surface area (Å²) in [5, 5.41) is 5.58. The van der Waals surface area contributed by atoms with Gasteiger partial charge < -0.3 is 10.3 Å². The molecule has 0 amide bonds. The molecule has 0 saturated heterocycles. The molecule has 0 saturated carbocycles. The van der Waals surface area contributed by atoms with Crippen molar-refractivity contribution in [1.29, 1.82) is 0 Å². The molecule has 4 heteroatoms. The molecule has 0 aliphatic carbocycles. The zero-order chi connectivity index (χ0) is 10.7. The van der Waals surface area contributed by atoms with Crippen LogP contribution in [0.4, 0.5) is 0 Å². The molecule has 0 bridgehead atoms. The first-order valence-corrected chi connectivity index (χ1v) is 5.91. The highest BCUT2D eigenvalue weighted by molar-refractivity contribution is 7.10. The first-order chi connectivity index (χ1) is 7.27. The second kappa shape index (κ2) is 4.59. The summed E-state index contributed by atoms with van der Waals surface area (Å²) in [5.74, 6) is 0.982. The van der Waals surface area contributed by atoms with Crippen molar-refractivity contribution < 1.29 is 0 Å². The molecule has 0 fully saturated rings. The lowest BCUT2D eigenvalue weighted by Crippen LogP contribution is -2.18. The van der Waals surface area contributed by atoms with E-state index in [-0.39, 0.29) is 0 Å². The van der Waals surface area contributed by atoms with Crippen molar-refractivity contribution in [2.75, 3.05) is 0 Å². The maximum atomic E-state index is 4.18. The number of nitrogens with zero attached hydrogens (tertiary/aromatic N) is 1. The molecule has 2 aromatic heterocycles. The highest BCUT2D eigenvalue weighted by Crippen LogP contribution is 2.23. The molecular weight excluding hydrogens is 206 g/mol. The Labute approximate surface area is 93.6 Å². The molecule has 0 aromatic carbocycles. The van der Waals surface area contributed by atoms with Gasteiger partial charge in [0.1, 0.15) is 5.82 Å². The molecule has 2 heterocycles. The number of hydrogen-bond acceptors (Lipinski definition) is 3. The standard InChI is InChI=1S/C11H15N3S/c1-8-3-6-15-11(8)9(2)14-7-10-12-4-5-13-10/h3-6,9,14H,7H2,1-2H3,(H,12,13). The van der Waals surface area contributed by atoms with Gasteiger partial charge in [0.2, 0.25) is 0 Å². The van der Waals surface area contributed by atoms with Crippen molar-refractivity contribution in [1.82, 2.24) is 15.3 Å². The normalized spacial score (nSPS) is 12.9. The van der Waals surface area contributed by atoms with Gasteiger partial charge in [-0.25, -0.2) is 4.98 Å². The van der Waals surface area contributed by atoms with Crippen LogP contribution in [0.2, 0.25) is 0 Å². The largest absolute Gasteiger partial charge is 0.348 e. The number of thiophene rings is 1. The number of aromatic amines is 1. The Morgan fingerprint density at radius 2 is 2.47 bits per heavy atom. The fourth-order valence-electron chi connectivity index (χ4n) is 1.57. The van der Waals surface area contributed by atoms with Crippen LogP contribution in [0.25, 0.3) is 0 Å². The summed E-state index contributed by atoms with van der Waals surface area (Å²) in [7, 11) is 0. The molecule has 2 aromatic rings. The monoisotopic (exact) mass is 221 g/mol. The smallest absolute Gasteiger partial charge is 0.120 e. The Bertz CT molecular complexity index is 405. The fourth-order valence-corrected chi connectivity index (χ4v) is 2.53. The lowest BCUT2D eigenvalue weighted by molar-refractivity contribution is 0.567. The van der Waals surface area contributed by atoms with Gasteiger partial charge in [-0.2, -0.15) is 0 Å². The van der Waals surface area contributed by atoms with Gasteiger partial charge >= 0.3 is 0 Å². The Morgan fingerprint density at radius 3 is 3.07 bits per heavy atom.